The van der Waals surface area contributed by atoms with E-state index in [-0.39, 0.29) is 5.92 Å². The summed E-state index contributed by atoms with van der Waals surface area (Å²) < 4.78 is 25.8. The molecule has 1 aromatic rings. The molecule has 0 amide bonds. The van der Waals surface area contributed by atoms with Crippen molar-refractivity contribution in [3.63, 3.8) is 0 Å². The van der Waals surface area contributed by atoms with Gasteiger partial charge in [-0.3, -0.25) is 9.52 Å². The van der Waals surface area contributed by atoms with E-state index in [9.17, 15) is 13.2 Å². The highest BCUT2D eigenvalue weighted by Gasteiger charge is 2.18. The number of nitrogens with one attached hydrogen (secondary N) is 1. The Labute approximate surface area is 120 Å². The molecule has 0 saturated carbocycles. The number of benzene rings is 1. The molecule has 0 radical (unpaired) electrons. The summed E-state index contributed by atoms with van der Waals surface area (Å²) >= 11 is 0. The van der Waals surface area contributed by atoms with E-state index in [4.69, 9.17) is 5.11 Å². The van der Waals surface area contributed by atoms with Crippen LogP contribution in [0, 0.1) is 0 Å². The van der Waals surface area contributed by atoms with Gasteiger partial charge in [0.25, 0.3) is 0 Å². The first-order valence-electron chi connectivity index (χ1n) is 6.48. The number of carbonyl (C=O) groups is 1. The van der Waals surface area contributed by atoms with E-state index in [1.54, 1.807) is 6.07 Å². The number of rotatable bonds is 6. The van der Waals surface area contributed by atoms with Crippen LogP contribution in [0.1, 0.15) is 50.7 Å². The molecule has 112 valence electrons. The van der Waals surface area contributed by atoms with Gasteiger partial charge in [0.2, 0.25) is 10.0 Å². The first kappa shape index (κ1) is 16.5. The zero-order valence-corrected chi connectivity index (χ0v) is 13.0. The number of carboxylic acid groups (broad SMARTS) is 1. The second-order valence-electron chi connectivity index (χ2n) is 5.41. The molecule has 0 fully saturated rings. The molecule has 0 bridgehead atoms. The van der Waals surface area contributed by atoms with Gasteiger partial charge in [0.1, 0.15) is 0 Å². The lowest BCUT2D eigenvalue weighted by atomic mass is 9.94. The van der Waals surface area contributed by atoms with E-state index in [0.29, 0.717) is 11.6 Å². The summed E-state index contributed by atoms with van der Waals surface area (Å²) in [6.07, 6.45) is 0. The molecular weight excluding hydrogens is 278 g/mol. The van der Waals surface area contributed by atoms with Crippen molar-refractivity contribution in [2.75, 3.05) is 10.5 Å². The molecule has 1 rings (SSSR count). The second kappa shape index (κ2) is 6.26. The number of carboxylic acids is 1. The third-order valence-electron chi connectivity index (χ3n) is 2.94. The van der Waals surface area contributed by atoms with Crippen LogP contribution >= 0.6 is 0 Å². The highest BCUT2D eigenvalue weighted by Crippen LogP contribution is 2.29. The molecule has 0 atom stereocenters. The largest absolute Gasteiger partial charge is 0.480 e. The smallest absolute Gasteiger partial charge is 0.320 e. The summed E-state index contributed by atoms with van der Waals surface area (Å²) in [7, 11) is -3.87. The van der Waals surface area contributed by atoms with Crippen molar-refractivity contribution < 1.29 is 18.3 Å². The van der Waals surface area contributed by atoms with E-state index in [0.717, 1.165) is 11.1 Å². The van der Waals surface area contributed by atoms with E-state index < -0.39 is 21.7 Å². The van der Waals surface area contributed by atoms with Crippen molar-refractivity contribution in [2.24, 2.45) is 0 Å². The quantitative estimate of drug-likeness (QED) is 0.846. The van der Waals surface area contributed by atoms with Crippen LogP contribution in [-0.4, -0.2) is 25.2 Å². The topological polar surface area (TPSA) is 83.5 Å². The average Bonchev–Trinajstić information content (AvgIpc) is 2.26. The molecule has 0 spiro atoms. The third kappa shape index (κ3) is 4.52. The number of aliphatic carboxylic acids is 1. The average molecular weight is 299 g/mol. The molecule has 6 heteroatoms. The van der Waals surface area contributed by atoms with Gasteiger partial charge in [-0.2, -0.15) is 0 Å². The monoisotopic (exact) mass is 299 g/mol. The van der Waals surface area contributed by atoms with Crippen LogP contribution in [0.3, 0.4) is 0 Å². The fourth-order valence-corrected chi connectivity index (χ4v) is 2.80. The minimum Gasteiger partial charge on any atom is -0.480 e. The Bertz CT molecular complexity index is 591. The molecule has 20 heavy (non-hydrogen) atoms. The standard InChI is InChI=1S/C14H21NO4S/c1-9(2)11-5-6-13(12(7-11)10(3)4)15-20(18,19)8-14(16)17/h5-7,9-10,15H,8H2,1-4H3,(H,16,17). The summed E-state index contributed by atoms with van der Waals surface area (Å²) in [5, 5.41) is 8.60. The van der Waals surface area contributed by atoms with Crippen LogP contribution < -0.4 is 4.72 Å². The summed E-state index contributed by atoms with van der Waals surface area (Å²) in [5.74, 6) is -1.83. The van der Waals surface area contributed by atoms with Crippen molar-refractivity contribution in [2.45, 2.75) is 39.5 Å². The summed E-state index contributed by atoms with van der Waals surface area (Å²) in [6, 6.07) is 5.52. The molecule has 0 unspecified atom stereocenters. The molecule has 0 aliphatic heterocycles. The highest BCUT2D eigenvalue weighted by atomic mass is 32.2. The molecule has 0 aliphatic carbocycles. The van der Waals surface area contributed by atoms with Crippen LogP contribution in [0.25, 0.3) is 0 Å². The summed E-state index contributed by atoms with van der Waals surface area (Å²) in [4.78, 5) is 10.5. The normalized spacial score (nSPS) is 11.9. The fraction of sp³-hybridized carbons (Fsp3) is 0.500. The minimum atomic E-state index is -3.87. The van der Waals surface area contributed by atoms with Gasteiger partial charge in [-0.15, -0.1) is 0 Å². The summed E-state index contributed by atoms with van der Waals surface area (Å²) in [6.45, 7) is 8.06. The number of sulfonamides is 1. The molecular formula is C14H21NO4S. The Hall–Kier alpha value is -1.56. The Morgan fingerprint density at radius 1 is 1.20 bits per heavy atom. The number of hydrogen-bond donors (Lipinski definition) is 2. The van der Waals surface area contributed by atoms with E-state index >= 15 is 0 Å². The van der Waals surface area contributed by atoms with Gasteiger partial charge in [0.05, 0.1) is 5.69 Å². The maximum Gasteiger partial charge on any atom is 0.320 e. The van der Waals surface area contributed by atoms with Gasteiger partial charge in [-0.05, 0) is 29.0 Å². The van der Waals surface area contributed by atoms with Crippen LogP contribution in [0.4, 0.5) is 5.69 Å². The van der Waals surface area contributed by atoms with Crippen LogP contribution in [0.2, 0.25) is 0 Å². The molecule has 0 aromatic heterocycles. The van der Waals surface area contributed by atoms with E-state index in [1.807, 2.05) is 26.0 Å². The lowest BCUT2D eigenvalue weighted by Gasteiger charge is -2.17. The minimum absolute atomic E-state index is 0.135. The van der Waals surface area contributed by atoms with Gasteiger partial charge in [0, 0.05) is 0 Å². The van der Waals surface area contributed by atoms with Gasteiger partial charge in [-0.1, -0.05) is 39.8 Å². The van der Waals surface area contributed by atoms with Crippen LogP contribution in [0.5, 0.6) is 0 Å². The van der Waals surface area contributed by atoms with Gasteiger partial charge < -0.3 is 5.11 Å². The second-order valence-corrected chi connectivity index (χ2v) is 7.13. The van der Waals surface area contributed by atoms with Crippen molar-refractivity contribution in [3.8, 4) is 0 Å². The fourth-order valence-electron chi connectivity index (χ4n) is 1.88. The Balaban J connectivity index is 3.15. The maximum atomic E-state index is 11.7. The maximum absolute atomic E-state index is 11.7. The third-order valence-corrected chi connectivity index (χ3v) is 4.10. The predicted octanol–water partition coefficient (Wildman–Crippen LogP) is 2.76. The molecule has 0 saturated heterocycles. The SMILES string of the molecule is CC(C)c1ccc(NS(=O)(=O)CC(=O)O)c(C(C)C)c1. The van der Waals surface area contributed by atoms with Crippen molar-refractivity contribution >= 4 is 21.7 Å². The highest BCUT2D eigenvalue weighted by molar-refractivity contribution is 7.93. The zero-order chi connectivity index (χ0) is 15.5. The zero-order valence-electron chi connectivity index (χ0n) is 12.2. The number of hydrogen-bond acceptors (Lipinski definition) is 3. The predicted molar refractivity (Wildman–Crippen MR) is 79.7 cm³/mol. The van der Waals surface area contributed by atoms with Gasteiger partial charge >= 0.3 is 5.97 Å². The molecule has 0 aliphatic rings. The lowest BCUT2D eigenvalue weighted by Crippen LogP contribution is -2.23. The Morgan fingerprint density at radius 3 is 2.25 bits per heavy atom. The number of anilines is 1. The van der Waals surface area contributed by atoms with Crippen molar-refractivity contribution in [1.82, 2.24) is 0 Å². The molecule has 0 heterocycles. The lowest BCUT2D eigenvalue weighted by molar-refractivity contribution is -0.134. The van der Waals surface area contributed by atoms with Crippen LogP contribution in [-0.2, 0) is 14.8 Å². The molecule has 2 N–H and O–H groups in total. The first-order chi connectivity index (χ1) is 9.12. The Morgan fingerprint density at radius 2 is 1.80 bits per heavy atom. The molecule has 1 aromatic carbocycles. The van der Waals surface area contributed by atoms with E-state index in [1.165, 1.54) is 0 Å². The Kier molecular flexibility index (Phi) is 5.16. The van der Waals surface area contributed by atoms with Crippen molar-refractivity contribution in [1.29, 1.82) is 0 Å². The van der Waals surface area contributed by atoms with E-state index in [2.05, 4.69) is 18.6 Å². The van der Waals surface area contributed by atoms with Gasteiger partial charge in [0.15, 0.2) is 5.75 Å². The first-order valence-corrected chi connectivity index (χ1v) is 8.13. The van der Waals surface area contributed by atoms with Gasteiger partial charge in [-0.25, -0.2) is 8.42 Å². The summed E-state index contributed by atoms with van der Waals surface area (Å²) in [5.41, 5.74) is 2.44. The molecule has 5 nitrogen and oxygen atoms in total. The van der Waals surface area contributed by atoms with Crippen molar-refractivity contribution in [3.05, 3.63) is 29.3 Å². The van der Waals surface area contributed by atoms with Crippen LogP contribution in [0.15, 0.2) is 18.2 Å².